The lowest BCUT2D eigenvalue weighted by Crippen LogP contribution is -2.19. The number of carbonyl (C=O) groups excluding carboxylic acids is 1. The van der Waals surface area contributed by atoms with Gasteiger partial charge in [-0.15, -0.1) is 0 Å². The fourth-order valence-electron chi connectivity index (χ4n) is 2.49. The average molecular weight is 472 g/mol. The van der Waals surface area contributed by atoms with E-state index in [1.54, 1.807) is 36.4 Å². The van der Waals surface area contributed by atoms with Crippen LogP contribution in [0.4, 0.5) is 5.69 Å². The van der Waals surface area contributed by atoms with Gasteiger partial charge in [-0.1, -0.05) is 40.9 Å². The number of amidine groups is 1. The van der Waals surface area contributed by atoms with Crippen LogP contribution in [0.3, 0.4) is 0 Å². The molecule has 1 amide bonds. The van der Waals surface area contributed by atoms with Crippen molar-refractivity contribution in [3.63, 3.8) is 0 Å². The normalized spacial score (nSPS) is 16.6. The van der Waals surface area contributed by atoms with Crippen molar-refractivity contribution in [1.82, 2.24) is 5.32 Å². The minimum absolute atomic E-state index is 0.0566. The molecule has 0 atom stereocenters. The van der Waals surface area contributed by atoms with Crippen molar-refractivity contribution in [2.75, 3.05) is 7.11 Å². The molecule has 1 heterocycles. The van der Waals surface area contributed by atoms with E-state index >= 15 is 0 Å². The molecule has 2 aromatic rings. The Morgan fingerprint density at radius 1 is 1.17 bits per heavy atom. The second kappa shape index (κ2) is 9.30. The molecule has 0 spiro atoms. The number of nitrogens with zero attached hydrogens (tertiary/aromatic N) is 1. The van der Waals surface area contributed by atoms with E-state index in [0.29, 0.717) is 47.9 Å². The molecule has 3 rings (SSSR count). The van der Waals surface area contributed by atoms with E-state index in [1.807, 2.05) is 13.8 Å². The average Bonchev–Trinajstić information content (AvgIpc) is 2.99. The smallest absolute Gasteiger partial charge is 0.264 e. The summed E-state index contributed by atoms with van der Waals surface area (Å²) in [7, 11) is 1.53. The Labute approximate surface area is 188 Å². The number of nitrogens with one attached hydrogen (secondary N) is 1. The number of carbonyl (C=O) groups is 1. The lowest BCUT2D eigenvalue weighted by molar-refractivity contribution is -0.115. The minimum Gasteiger partial charge on any atom is -0.493 e. The van der Waals surface area contributed by atoms with Gasteiger partial charge in [-0.2, -0.15) is 0 Å². The van der Waals surface area contributed by atoms with Gasteiger partial charge < -0.3 is 14.8 Å². The van der Waals surface area contributed by atoms with Crippen LogP contribution in [0.1, 0.15) is 19.4 Å². The lowest BCUT2D eigenvalue weighted by Gasteiger charge is -2.15. The third-order valence-electron chi connectivity index (χ3n) is 3.71. The monoisotopic (exact) mass is 470 g/mol. The topological polar surface area (TPSA) is 59.9 Å². The standard InChI is InChI=1S/C20H17Cl3N2O3S/c1-10(2)28-18-13(22)7-11(8-15(18)27-3)9-16-19(26)25-20(29-16)24-14-6-4-5-12(21)17(14)23/h4-10H,1-3H3,(H,24,25,26)/b16-9+. The first kappa shape index (κ1) is 21.8. The van der Waals surface area contributed by atoms with Crippen molar-refractivity contribution < 1.29 is 14.3 Å². The molecule has 0 aromatic heterocycles. The lowest BCUT2D eigenvalue weighted by atomic mass is 10.1. The molecule has 1 aliphatic heterocycles. The van der Waals surface area contributed by atoms with Crippen molar-refractivity contribution in [1.29, 1.82) is 0 Å². The molecule has 1 fully saturated rings. The van der Waals surface area contributed by atoms with Gasteiger partial charge in [-0.05, 0) is 61.5 Å². The number of hydrogen-bond acceptors (Lipinski definition) is 5. The van der Waals surface area contributed by atoms with Crippen LogP contribution in [0.15, 0.2) is 40.2 Å². The van der Waals surface area contributed by atoms with Crippen LogP contribution >= 0.6 is 46.6 Å². The Balaban J connectivity index is 1.89. The first-order chi connectivity index (χ1) is 13.8. The highest BCUT2D eigenvalue weighted by Gasteiger charge is 2.25. The maximum absolute atomic E-state index is 12.4. The Hall–Kier alpha value is -1.86. The van der Waals surface area contributed by atoms with Crippen LogP contribution in [-0.4, -0.2) is 24.3 Å². The largest absolute Gasteiger partial charge is 0.493 e. The Morgan fingerprint density at radius 3 is 2.62 bits per heavy atom. The first-order valence-corrected chi connectivity index (χ1v) is 10.5. The number of amides is 1. The predicted molar refractivity (Wildman–Crippen MR) is 121 cm³/mol. The van der Waals surface area contributed by atoms with Crippen LogP contribution in [0, 0.1) is 0 Å². The molecule has 2 aromatic carbocycles. The number of benzene rings is 2. The zero-order chi connectivity index (χ0) is 21.1. The van der Waals surface area contributed by atoms with Gasteiger partial charge in [0.05, 0.1) is 38.9 Å². The van der Waals surface area contributed by atoms with E-state index in [9.17, 15) is 4.79 Å². The van der Waals surface area contributed by atoms with Gasteiger partial charge in [0.25, 0.3) is 5.91 Å². The summed E-state index contributed by atoms with van der Waals surface area (Å²) in [5, 5.41) is 4.23. The summed E-state index contributed by atoms with van der Waals surface area (Å²) in [5.41, 5.74) is 1.17. The second-order valence-corrected chi connectivity index (χ2v) is 8.48. The third kappa shape index (κ3) is 5.20. The molecule has 29 heavy (non-hydrogen) atoms. The van der Waals surface area contributed by atoms with Crippen LogP contribution in [0.2, 0.25) is 15.1 Å². The Kier molecular flexibility index (Phi) is 7.01. The molecular formula is C20H17Cl3N2O3S. The fourth-order valence-corrected chi connectivity index (χ4v) is 3.93. The summed E-state index contributed by atoms with van der Waals surface area (Å²) in [6.45, 7) is 3.80. The minimum atomic E-state index is -0.274. The number of thioether (sulfide) groups is 1. The van der Waals surface area contributed by atoms with Gasteiger partial charge in [0.2, 0.25) is 0 Å². The maximum Gasteiger partial charge on any atom is 0.264 e. The molecular weight excluding hydrogens is 455 g/mol. The summed E-state index contributed by atoms with van der Waals surface area (Å²) >= 11 is 19.7. The van der Waals surface area contributed by atoms with Crippen molar-refractivity contribution in [2.24, 2.45) is 4.99 Å². The number of halogens is 3. The van der Waals surface area contributed by atoms with E-state index in [2.05, 4.69) is 10.3 Å². The summed E-state index contributed by atoms with van der Waals surface area (Å²) < 4.78 is 11.1. The predicted octanol–water partition coefficient (Wildman–Crippen LogP) is 6.33. The summed E-state index contributed by atoms with van der Waals surface area (Å²) in [5.74, 6) is 0.679. The molecule has 0 unspecified atom stereocenters. The van der Waals surface area contributed by atoms with Crippen LogP contribution in [0.25, 0.3) is 6.08 Å². The number of ether oxygens (including phenoxy) is 2. The Bertz CT molecular complexity index is 1020. The van der Waals surface area contributed by atoms with Gasteiger partial charge in [0.15, 0.2) is 16.7 Å². The van der Waals surface area contributed by atoms with E-state index in [1.165, 1.54) is 18.9 Å². The molecule has 0 aliphatic carbocycles. The van der Waals surface area contributed by atoms with Gasteiger partial charge in [0, 0.05) is 0 Å². The highest BCUT2D eigenvalue weighted by Crippen LogP contribution is 2.39. The van der Waals surface area contributed by atoms with Crippen molar-refractivity contribution in [3.05, 3.63) is 55.9 Å². The van der Waals surface area contributed by atoms with Gasteiger partial charge >= 0.3 is 0 Å². The Morgan fingerprint density at radius 2 is 1.93 bits per heavy atom. The SMILES string of the molecule is COc1cc(/C=C2/SC(=Nc3cccc(Cl)c3Cl)NC2=O)cc(Cl)c1OC(C)C. The molecule has 9 heteroatoms. The van der Waals surface area contributed by atoms with Crippen molar-refractivity contribution in [3.8, 4) is 11.5 Å². The molecule has 0 radical (unpaired) electrons. The van der Waals surface area contributed by atoms with Crippen molar-refractivity contribution in [2.45, 2.75) is 20.0 Å². The molecule has 1 N–H and O–H groups in total. The van der Waals surface area contributed by atoms with E-state index in [0.717, 1.165) is 0 Å². The molecule has 0 bridgehead atoms. The van der Waals surface area contributed by atoms with Gasteiger partial charge in [-0.25, -0.2) is 4.99 Å². The summed E-state index contributed by atoms with van der Waals surface area (Å²) in [6.07, 6.45) is 1.65. The zero-order valence-corrected chi connectivity index (χ0v) is 18.8. The molecule has 152 valence electrons. The third-order valence-corrected chi connectivity index (χ3v) is 5.71. The van der Waals surface area contributed by atoms with Gasteiger partial charge in [0.1, 0.15) is 0 Å². The molecule has 1 saturated heterocycles. The maximum atomic E-state index is 12.4. The number of aliphatic imine (C=N–C) groups is 1. The number of hydrogen-bond donors (Lipinski definition) is 1. The fraction of sp³-hybridized carbons (Fsp3) is 0.200. The number of rotatable bonds is 5. The molecule has 5 nitrogen and oxygen atoms in total. The van der Waals surface area contributed by atoms with Crippen LogP contribution in [-0.2, 0) is 4.79 Å². The summed E-state index contributed by atoms with van der Waals surface area (Å²) in [6, 6.07) is 8.59. The van der Waals surface area contributed by atoms with E-state index in [-0.39, 0.29) is 12.0 Å². The quantitative estimate of drug-likeness (QED) is 0.517. The second-order valence-electron chi connectivity index (χ2n) is 6.26. The molecule has 1 aliphatic rings. The van der Waals surface area contributed by atoms with Gasteiger partial charge in [-0.3, -0.25) is 4.79 Å². The summed E-state index contributed by atoms with van der Waals surface area (Å²) in [4.78, 5) is 17.2. The van der Waals surface area contributed by atoms with Crippen LogP contribution < -0.4 is 14.8 Å². The highest BCUT2D eigenvalue weighted by atomic mass is 35.5. The van der Waals surface area contributed by atoms with Crippen molar-refractivity contribution >= 4 is 69.4 Å². The molecule has 0 saturated carbocycles. The van der Waals surface area contributed by atoms with E-state index in [4.69, 9.17) is 44.3 Å². The highest BCUT2D eigenvalue weighted by molar-refractivity contribution is 8.18. The number of methoxy groups -OCH3 is 1. The van der Waals surface area contributed by atoms with E-state index < -0.39 is 0 Å². The zero-order valence-electron chi connectivity index (χ0n) is 15.8. The van der Waals surface area contributed by atoms with Crippen LogP contribution in [0.5, 0.6) is 11.5 Å². The first-order valence-electron chi connectivity index (χ1n) is 8.56.